The Morgan fingerprint density at radius 2 is 1.95 bits per heavy atom. The summed E-state index contributed by atoms with van der Waals surface area (Å²) in [5.74, 6) is -1.05. The summed E-state index contributed by atoms with van der Waals surface area (Å²) in [5.41, 5.74) is 2.27. The molecule has 4 heteroatoms. The molecule has 0 radical (unpaired) electrons. The van der Waals surface area contributed by atoms with Gasteiger partial charge in [-0.05, 0) is 30.7 Å². The number of rotatable bonds is 2. The van der Waals surface area contributed by atoms with Gasteiger partial charge in [0.1, 0.15) is 5.82 Å². The number of esters is 1. The first kappa shape index (κ1) is 13.2. The first-order valence-electron chi connectivity index (χ1n) is 6.47. The molecule has 1 heterocycles. The molecule has 0 fully saturated rings. The van der Waals surface area contributed by atoms with E-state index in [1.54, 1.807) is 18.2 Å². The van der Waals surface area contributed by atoms with Gasteiger partial charge in [0.05, 0.1) is 5.56 Å². The first-order chi connectivity index (χ1) is 10.1. The lowest BCUT2D eigenvalue weighted by atomic mass is 10.1. The van der Waals surface area contributed by atoms with E-state index in [2.05, 4.69) is 4.99 Å². The van der Waals surface area contributed by atoms with Crippen molar-refractivity contribution < 1.29 is 13.9 Å². The number of carbonyl (C=O) groups is 1. The van der Waals surface area contributed by atoms with Crippen molar-refractivity contribution in [3.8, 4) is 0 Å². The van der Waals surface area contributed by atoms with Gasteiger partial charge in [-0.2, -0.15) is 0 Å². The SMILES string of the molecule is Cc1cccc(C=C2N=C(c3ccccc3F)OC2=O)c1. The molecule has 1 aliphatic heterocycles. The Hall–Kier alpha value is -2.75. The van der Waals surface area contributed by atoms with Crippen LogP contribution < -0.4 is 0 Å². The summed E-state index contributed by atoms with van der Waals surface area (Å²) < 4.78 is 18.7. The number of ether oxygens (including phenoxy) is 1. The minimum absolute atomic E-state index is 0.00277. The van der Waals surface area contributed by atoms with Crippen LogP contribution in [0.5, 0.6) is 0 Å². The molecule has 1 aliphatic rings. The minimum Gasteiger partial charge on any atom is -0.402 e. The number of aliphatic imine (C=N–C) groups is 1. The molecule has 2 aromatic carbocycles. The van der Waals surface area contributed by atoms with Crippen LogP contribution in [0.4, 0.5) is 4.39 Å². The van der Waals surface area contributed by atoms with Crippen molar-refractivity contribution in [2.75, 3.05) is 0 Å². The molecular formula is C17H12FNO2. The van der Waals surface area contributed by atoms with Crippen LogP contribution in [0.15, 0.2) is 59.2 Å². The Kier molecular flexibility index (Phi) is 3.36. The topological polar surface area (TPSA) is 38.7 Å². The molecule has 0 amide bonds. The van der Waals surface area contributed by atoms with Crippen molar-refractivity contribution >= 4 is 17.9 Å². The van der Waals surface area contributed by atoms with Crippen molar-refractivity contribution in [1.82, 2.24) is 0 Å². The van der Waals surface area contributed by atoms with Crippen LogP contribution in [0.25, 0.3) is 6.08 Å². The molecule has 0 unspecified atom stereocenters. The van der Waals surface area contributed by atoms with E-state index < -0.39 is 11.8 Å². The molecule has 0 saturated heterocycles. The number of hydrogen-bond acceptors (Lipinski definition) is 3. The summed E-state index contributed by atoms with van der Waals surface area (Å²) in [4.78, 5) is 15.9. The zero-order valence-corrected chi connectivity index (χ0v) is 11.3. The largest absolute Gasteiger partial charge is 0.402 e. The number of carbonyl (C=O) groups excluding carboxylic acids is 1. The monoisotopic (exact) mass is 281 g/mol. The summed E-state index contributed by atoms with van der Waals surface area (Å²) in [7, 11) is 0. The predicted molar refractivity (Wildman–Crippen MR) is 78.2 cm³/mol. The lowest BCUT2D eigenvalue weighted by Crippen LogP contribution is -2.07. The predicted octanol–water partition coefficient (Wildman–Crippen LogP) is 3.48. The van der Waals surface area contributed by atoms with Crippen molar-refractivity contribution in [2.45, 2.75) is 6.92 Å². The molecular weight excluding hydrogens is 269 g/mol. The van der Waals surface area contributed by atoms with Gasteiger partial charge < -0.3 is 4.74 Å². The minimum atomic E-state index is -0.574. The molecule has 0 aliphatic carbocycles. The maximum atomic E-state index is 13.7. The van der Waals surface area contributed by atoms with Crippen LogP contribution in [0.3, 0.4) is 0 Å². The van der Waals surface area contributed by atoms with Gasteiger partial charge in [0, 0.05) is 0 Å². The lowest BCUT2D eigenvalue weighted by molar-refractivity contribution is -0.129. The molecule has 0 aromatic heterocycles. The highest BCUT2D eigenvalue weighted by Crippen LogP contribution is 2.20. The number of aryl methyl sites for hydroxylation is 1. The van der Waals surface area contributed by atoms with E-state index in [1.807, 2.05) is 31.2 Å². The zero-order valence-electron chi connectivity index (χ0n) is 11.3. The average molecular weight is 281 g/mol. The highest BCUT2D eigenvalue weighted by molar-refractivity contribution is 6.12. The van der Waals surface area contributed by atoms with Crippen LogP contribution in [0.1, 0.15) is 16.7 Å². The molecule has 3 nitrogen and oxygen atoms in total. The van der Waals surface area contributed by atoms with Crippen molar-refractivity contribution in [3.63, 3.8) is 0 Å². The Labute approximate surface area is 121 Å². The molecule has 0 N–H and O–H groups in total. The van der Waals surface area contributed by atoms with E-state index in [9.17, 15) is 9.18 Å². The maximum absolute atomic E-state index is 13.7. The molecule has 0 spiro atoms. The third kappa shape index (κ3) is 2.74. The molecule has 3 rings (SSSR count). The fourth-order valence-corrected chi connectivity index (χ4v) is 2.08. The smallest absolute Gasteiger partial charge is 0.363 e. The standard InChI is InChI=1S/C17H12FNO2/c1-11-5-4-6-12(9-11)10-15-17(20)21-16(19-15)13-7-2-3-8-14(13)18/h2-10H,1H3. The fraction of sp³-hybridized carbons (Fsp3) is 0.0588. The number of halogens is 1. The van der Waals surface area contributed by atoms with E-state index in [0.717, 1.165) is 11.1 Å². The third-order valence-electron chi connectivity index (χ3n) is 3.07. The number of hydrogen-bond donors (Lipinski definition) is 0. The van der Waals surface area contributed by atoms with Crippen LogP contribution in [0, 0.1) is 12.7 Å². The van der Waals surface area contributed by atoms with Crippen LogP contribution in [0.2, 0.25) is 0 Å². The Balaban J connectivity index is 1.98. The lowest BCUT2D eigenvalue weighted by Gasteiger charge is -1.99. The fourth-order valence-electron chi connectivity index (χ4n) is 2.08. The van der Waals surface area contributed by atoms with E-state index >= 15 is 0 Å². The second-order valence-corrected chi connectivity index (χ2v) is 4.73. The number of nitrogens with zero attached hydrogens (tertiary/aromatic N) is 1. The molecule has 2 aromatic rings. The van der Waals surface area contributed by atoms with Crippen molar-refractivity contribution in [1.29, 1.82) is 0 Å². The van der Waals surface area contributed by atoms with E-state index in [4.69, 9.17) is 4.74 Å². The van der Waals surface area contributed by atoms with Gasteiger partial charge in [0.2, 0.25) is 5.90 Å². The Morgan fingerprint density at radius 3 is 2.71 bits per heavy atom. The number of cyclic esters (lactones) is 1. The first-order valence-corrected chi connectivity index (χ1v) is 6.47. The van der Waals surface area contributed by atoms with Crippen LogP contribution in [-0.4, -0.2) is 11.9 Å². The molecule has 104 valence electrons. The Bertz CT molecular complexity index is 778. The normalized spacial score (nSPS) is 16.0. The summed E-state index contributed by atoms with van der Waals surface area (Å²) in [6.07, 6.45) is 1.63. The highest BCUT2D eigenvalue weighted by Gasteiger charge is 2.25. The third-order valence-corrected chi connectivity index (χ3v) is 3.07. The van der Waals surface area contributed by atoms with Gasteiger partial charge in [-0.3, -0.25) is 0 Å². The highest BCUT2D eigenvalue weighted by atomic mass is 19.1. The van der Waals surface area contributed by atoms with E-state index in [0.29, 0.717) is 0 Å². The van der Waals surface area contributed by atoms with Gasteiger partial charge >= 0.3 is 5.97 Å². The van der Waals surface area contributed by atoms with Crippen LogP contribution in [-0.2, 0) is 9.53 Å². The van der Waals surface area contributed by atoms with Crippen molar-refractivity contribution in [3.05, 3.63) is 76.7 Å². The molecule has 21 heavy (non-hydrogen) atoms. The number of benzene rings is 2. The molecule has 0 saturated carbocycles. The Morgan fingerprint density at radius 1 is 1.14 bits per heavy atom. The summed E-state index contributed by atoms with van der Waals surface area (Å²) in [5, 5.41) is 0. The molecule has 0 atom stereocenters. The van der Waals surface area contributed by atoms with E-state index in [1.165, 1.54) is 12.1 Å². The summed E-state index contributed by atoms with van der Waals surface area (Å²) in [6.45, 7) is 1.96. The summed E-state index contributed by atoms with van der Waals surface area (Å²) >= 11 is 0. The average Bonchev–Trinajstić information content (AvgIpc) is 2.80. The van der Waals surface area contributed by atoms with Gasteiger partial charge in [-0.25, -0.2) is 14.2 Å². The van der Waals surface area contributed by atoms with Gasteiger partial charge in [-0.1, -0.05) is 42.0 Å². The van der Waals surface area contributed by atoms with E-state index in [-0.39, 0.29) is 17.2 Å². The zero-order chi connectivity index (χ0) is 14.8. The summed E-state index contributed by atoms with van der Waals surface area (Å²) in [6, 6.07) is 13.7. The second kappa shape index (κ2) is 5.32. The van der Waals surface area contributed by atoms with Gasteiger partial charge in [-0.15, -0.1) is 0 Å². The quantitative estimate of drug-likeness (QED) is 0.624. The van der Waals surface area contributed by atoms with Crippen LogP contribution >= 0.6 is 0 Å². The molecule has 0 bridgehead atoms. The van der Waals surface area contributed by atoms with Gasteiger partial charge in [0.15, 0.2) is 5.70 Å². The van der Waals surface area contributed by atoms with Crippen molar-refractivity contribution in [2.24, 2.45) is 4.99 Å². The second-order valence-electron chi connectivity index (χ2n) is 4.73. The maximum Gasteiger partial charge on any atom is 0.363 e. The van der Waals surface area contributed by atoms with Gasteiger partial charge in [0.25, 0.3) is 0 Å².